The number of nitriles is 1. The van der Waals surface area contributed by atoms with Crippen LogP contribution in [-0.4, -0.2) is 20.2 Å². The van der Waals surface area contributed by atoms with Crippen molar-refractivity contribution in [3.05, 3.63) is 28.8 Å². The Bertz CT molecular complexity index is 464. The number of hydrogen-bond acceptors (Lipinski definition) is 5. The van der Waals surface area contributed by atoms with Gasteiger partial charge in [0.2, 0.25) is 0 Å². The van der Waals surface area contributed by atoms with Gasteiger partial charge in [-0.25, -0.2) is 0 Å². The third kappa shape index (κ3) is 2.95. The first kappa shape index (κ1) is 13.0. The summed E-state index contributed by atoms with van der Waals surface area (Å²) in [7, 11) is 2.82. The molecule has 0 aliphatic carbocycles. The van der Waals surface area contributed by atoms with Crippen LogP contribution >= 0.6 is 0 Å². The molecule has 0 unspecified atom stereocenters. The summed E-state index contributed by atoms with van der Waals surface area (Å²) in [5, 5.41) is 9.01. The maximum absolute atomic E-state index is 11.3. The lowest BCUT2D eigenvalue weighted by molar-refractivity contribution is -0.139. The number of carbonyl (C=O) groups excluding carboxylic acids is 1. The fraction of sp³-hybridized carbons (Fsp3) is 0.333. The molecule has 0 aromatic heterocycles. The molecule has 0 spiro atoms. The molecule has 2 N–H and O–H groups in total. The van der Waals surface area contributed by atoms with Crippen molar-refractivity contribution < 1.29 is 14.3 Å². The zero-order chi connectivity index (χ0) is 12.8. The van der Waals surface area contributed by atoms with Crippen LogP contribution in [0.2, 0.25) is 0 Å². The van der Waals surface area contributed by atoms with E-state index in [1.807, 2.05) is 6.07 Å². The largest absolute Gasteiger partial charge is 0.497 e. The van der Waals surface area contributed by atoms with Gasteiger partial charge >= 0.3 is 5.97 Å². The van der Waals surface area contributed by atoms with E-state index in [-0.39, 0.29) is 18.9 Å². The molecule has 0 fully saturated rings. The van der Waals surface area contributed by atoms with Crippen LogP contribution < -0.4 is 10.5 Å². The topological polar surface area (TPSA) is 85.3 Å². The maximum atomic E-state index is 11.3. The lowest BCUT2D eigenvalue weighted by Gasteiger charge is -2.11. The summed E-state index contributed by atoms with van der Waals surface area (Å²) in [6.45, 7) is 0.194. The van der Waals surface area contributed by atoms with E-state index in [1.165, 1.54) is 14.2 Å². The minimum absolute atomic E-state index is 0.0783. The van der Waals surface area contributed by atoms with E-state index in [0.29, 0.717) is 22.4 Å². The van der Waals surface area contributed by atoms with E-state index >= 15 is 0 Å². The first-order valence-electron chi connectivity index (χ1n) is 5.03. The van der Waals surface area contributed by atoms with Gasteiger partial charge in [0.15, 0.2) is 0 Å². The smallest absolute Gasteiger partial charge is 0.309 e. The molecule has 0 saturated carbocycles. The molecule has 0 bridgehead atoms. The highest BCUT2D eigenvalue weighted by Crippen LogP contribution is 2.22. The molecule has 0 radical (unpaired) electrons. The van der Waals surface area contributed by atoms with Crippen molar-refractivity contribution in [2.45, 2.75) is 13.0 Å². The van der Waals surface area contributed by atoms with Crippen LogP contribution in [0.1, 0.15) is 16.7 Å². The highest BCUT2D eigenvalue weighted by atomic mass is 16.5. The third-order valence-electron chi connectivity index (χ3n) is 2.44. The number of nitrogens with zero attached hydrogens (tertiary/aromatic N) is 1. The summed E-state index contributed by atoms with van der Waals surface area (Å²) in [6.07, 6.45) is 0.0783. The SMILES string of the molecule is COC(=O)Cc1cc(OC)cc(C#N)c1CN. The molecule has 90 valence electrons. The van der Waals surface area contributed by atoms with E-state index in [2.05, 4.69) is 4.74 Å². The van der Waals surface area contributed by atoms with E-state index in [4.69, 9.17) is 15.7 Å². The molecular weight excluding hydrogens is 220 g/mol. The average molecular weight is 234 g/mol. The van der Waals surface area contributed by atoms with E-state index in [1.54, 1.807) is 12.1 Å². The van der Waals surface area contributed by atoms with Gasteiger partial charge in [-0.15, -0.1) is 0 Å². The number of nitrogens with two attached hydrogens (primary N) is 1. The summed E-state index contributed by atoms with van der Waals surface area (Å²) in [5.41, 5.74) is 7.33. The molecule has 0 saturated heterocycles. The molecule has 0 atom stereocenters. The lowest BCUT2D eigenvalue weighted by atomic mass is 9.99. The van der Waals surface area contributed by atoms with Crippen LogP contribution in [-0.2, 0) is 22.5 Å². The first-order valence-corrected chi connectivity index (χ1v) is 5.03. The summed E-state index contributed by atoms with van der Waals surface area (Å²) < 4.78 is 9.67. The highest BCUT2D eigenvalue weighted by Gasteiger charge is 2.13. The maximum Gasteiger partial charge on any atom is 0.309 e. The van der Waals surface area contributed by atoms with Crippen molar-refractivity contribution in [1.82, 2.24) is 0 Å². The van der Waals surface area contributed by atoms with Crippen molar-refractivity contribution in [3.8, 4) is 11.8 Å². The zero-order valence-electron chi connectivity index (χ0n) is 9.82. The Kier molecular flexibility index (Phi) is 4.49. The molecule has 0 aliphatic rings. The molecule has 5 heteroatoms. The van der Waals surface area contributed by atoms with E-state index in [9.17, 15) is 4.79 Å². The number of methoxy groups -OCH3 is 2. The molecule has 0 aliphatic heterocycles. The van der Waals surface area contributed by atoms with E-state index in [0.717, 1.165) is 0 Å². The molecule has 0 amide bonds. The predicted octanol–water partition coefficient (Wildman–Crippen LogP) is 0.741. The first-order chi connectivity index (χ1) is 8.15. The van der Waals surface area contributed by atoms with E-state index < -0.39 is 0 Å². The number of benzene rings is 1. The van der Waals surface area contributed by atoms with Crippen molar-refractivity contribution in [3.63, 3.8) is 0 Å². The normalized spacial score (nSPS) is 9.53. The van der Waals surface area contributed by atoms with Crippen LogP contribution in [0, 0.1) is 11.3 Å². The lowest BCUT2D eigenvalue weighted by Crippen LogP contribution is -2.11. The Labute approximate surface area is 99.7 Å². The molecule has 1 aromatic carbocycles. The van der Waals surface area contributed by atoms with Gasteiger partial charge in [-0.1, -0.05) is 0 Å². The number of hydrogen-bond donors (Lipinski definition) is 1. The monoisotopic (exact) mass is 234 g/mol. The summed E-state index contributed by atoms with van der Waals surface area (Å²) in [5.74, 6) is 0.148. The van der Waals surface area contributed by atoms with Gasteiger partial charge in [0.05, 0.1) is 32.3 Å². The summed E-state index contributed by atoms with van der Waals surface area (Å²) in [6, 6.07) is 5.34. The Hall–Kier alpha value is -2.06. The van der Waals surface area contributed by atoms with Crippen molar-refractivity contribution in [2.75, 3.05) is 14.2 Å². The Morgan fingerprint density at radius 1 is 1.47 bits per heavy atom. The number of esters is 1. The minimum Gasteiger partial charge on any atom is -0.497 e. The van der Waals surface area contributed by atoms with Crippen LogP contribution in [0.25, 0.3) is 0 Å². The molecular formula is C12H14N2O3. The Morgan fingerprint density at radius 2 is 2.18 bits per heavy atom. The Balaban J connectivity index is 3.25. The summed E-state index contributed by atoms with van der Waals surface area (Å²) >= 11 is 0. The molecule has 5 nitrogen and oxygen atoms in total. The van der Waals surface area contributed by atoms with Crippen LogP contribution in [0.4, 0.5) is 0 Å². The zero-order valence-corrected chi connectivity index (χ0v) is 9.82. The van der Waals surface area contributed by atoms with Gasteiger partial charge < -0.3 is 15.2 Å². The van der Waals surface area contributed by atoms with Crippen LogP contribution in [0.5, 0.6) is 5.75 Å². The van der Waals surface area contributed by atoms with Gasteiger partial charge in [0.1, 0.15) is 5.75 Å². The standard InChI is InChI=1S/C12H14N2O3/c1-16-10-3-8(5-12(15)17-2)11(7-14)9(4-10)6-13/h3-4H,5,7,14H2,1-2H3. The number of carbonyl (C=O) groups is 1. The summed E-state index contributed by atoms with van der Waals surface area (Å²) in [4.78, 5) is 11.3. The highest BCUT2D eigenvalue weighted by molar-refractivity contribution is 5.73. The van der Waals surface area contributed by atoms with Crippen molar-refractivity contribution in [1.29, 1.82) is 5.26 Å². The molecule has 1 aromatic rings. The average Bonchev–Trinajstić information content (AvgIpc) is 2.37. The van der Waals surface area contributed by atoms with Crippen molar-refractivity contribution >= 4 is 5.97 Å². The fourth-order valence-corrected chi connectivity index (χ4v) is 1.55. The second kappa shape index (κ2) is 5.87. The number of rotatable bonds is 4. The molecule has 17 heavy (non-hydrogen) atoms. The predicted molar refractivity (Wildman–Crippen MR) is 61.3 cm³/mol. The van der Waals surface area contributed by atoms with Crippen LogP contribution in [0.15, 0.2) is 12.1 Å². The third-order valence-corrected chi connectivity index (χ3v) is 2.44. The molecule has 1 rings (SSSR count). The second-order valence-corrected chi connectivity index (χ2v) is 3.38. The quantitative estimate of drug-likeness (QED) is 0.776. The Morgan fingerprint density at radius 3 is 2.65 bits per heavy atom. The molecule has 0 heterocycles. The van der Waals surface area contributed by atoms with Crippen LogP contribution in [0.3, 0.4) is 0 Å². The number of ether oxygens (including phenoxy) is 2. The minimum atomic E-state index is -0.378. The van der Waals surface area contributed by atoms with Gasteiger partial charge in [0, 0.05) is 6.54 Å². The van der Waals surface area contributed by atoms with Gasteiger partial charge in [-0.2, -0.15) is 5.26 Å². The second-order valence-electron chi connectivity index (χ2n) is 3.38. The van der Waals surface area contributed by atoms with Gasteiger partial charge in [-0.05, 0) is 23.3 Å². The van der Waals surface area contributed by atoms with Gasteiger partial charge in [-0.3, -0.25) is 4.79 Å². The fourth-order valence-electron chi connectivity index (χ4n) is 1.55. The van der Waals surface area contributed by atoms with Gasteiger partial charge in [0.25, 0.3) is 0 Å². The van der Waals surface area contributed by atoms with Crippen molar-refractivity contribution in [2.24, 2.45) is 5.73 Å².